The average Bonchev–Trinajstić information content (AvgIpc) is 3.01. The summed E-state index contributed by atoms with van der Waals surface area (Å²) < 4.78 is 7.67. The second kappa shape index (κ2) is 9.11. The maximum Gasteiger partial charge on any atom is 0.272 e. The van der Waals surface area contributed by atoms with Gasteiger partial charge in [-0.3, -0.25) is 9.59 Å². The van der Waals surface area contributed by atoms with Crippen molar-refractivity contribution >= 4 is 11.8 Å². The number of nitrogens with zero attached hydrogens (tertiary/aromatic N) is 3. The number of carbonyl (C=O) groups is 2. The Bertz CT molecular complexity index is 882. The van der Waals surface area contributed by atoms with Gasteiger partial charge in [-0.05, 0) is 51.3 Å². The smallest absolute Gasteiger partial charge is 0.272 e. The van der Waals surface area contributed by atoms with E-state index in [-0.39, 0.29) is 17.9 Å². The monoisotopic (exact) mass is 398 g/mol. The molecule has 1 saturated heterocycles. The van der Waals surface area contributed by atoms with E-state index in [1.165, 1.54) is 0 Å². The Morgan fingerprint density at radius 2 is 1.97 bits per heavy atom. The second-order valence-electron chi connectivity index (χ2n) is 7.46. The Labute approximate surface area is 172 Å². The average molecular weight is 399 g/mol. The van der Waals surface area contributed by atoms with Crippen LogP contribution in [0, 0.1) is 13.8 Å². The zero-order chi connectivity index (χ0) is 21.0. The summed E-state index contributed by atoms with van der Waals surface area (Å²) in [5, 5.41) is 2.97. The lowest BCUT2D eigenvalue weighted by atomic mass is 10.0. The van der Waals surface area contributed by atoms with Crippen LogP contribution in [0.15, 0.2) is 24.3 Å². The van der Waals surface area contributed by atoms with Gasteiger partial charge in [0.25, 0.3) is 5.91 Å². The summed E-state index contributed by atoms with van der Waals surface area (Å²) in [5.74, 6) is 1.59. The lowest BCUT2D eigenvalue weighted by Crippen LogP contribution is -2.38. The number of benzene rings is 1. The van der Waals surface area contributed by atoms with Crippen molar-refractivity contribution < 1.29 is 14.3 Å². The van der Waals surface area contributed by atoms with Crippen LogP contribution in [0.25, 0.3) is 0 Å². The number of hydrogen-bond acceptors (Lipinski definition) is 4. The molecule has 29 heavy (non-hydrogen) atoms. The Kier molecular flexibility index (Phi) is 6.56. The summed E-state index contributed by atoms with van der Waals surface area (Å²) in [6, 6.07) is 7.99. The molecule has 1 aliphatic rings. The Morgan fingerprint density at radius 3 is 2.62 bits per heavy atom. The maximum absolute atomic E-state index is 12.8. The summed E-state index contributed by atoms with van der Waals surface area (Å²) in [6.45, 7) is 9.96. The van der Waals surface area contributed by atoms with E-state index < -0.39 is 0 Å². The van der Waals surface area contributed by atoms with Crippen LogP contribution >= 0.6 is 0 Å². The molecule has 1 aliphatic heterocycles. The zero-order valence-electron chi connectivity index (χ0n) is 17.7. The number of aryl methyl sites for hydroxylation is 1. The van der Waals surface area contributed by atoms with Gasteiger partial charge in [-0.25, -0.2) is 4.98 Å². The van der Waals surface area contributed by atoms with Gasteiger partial charge < -0.3 is 19.5 Å². The minimum absolute atomic E-state index is 0.121. The van der Waals surface area contributed by atoms with Crippen molar-refractivity contribution in [3.8, 4) is 5.75 Å². The van der Waals surface area contributed by atoms with Crippen molar-refractivity contribution in [1.29, 1.82) is 0 Å². The van der Waals surface area contributed by atoms with E-state index in [0.29, 0.717) is 18.8 Å². The number of ether oxygens (including phenoxy) is 1. The number of carbonyl (C=O) groups excluding carboxylic acids is 2. The van der Waals surface area contributed by atoms with Gasteiger partial charge in [-0.15, -0.1) is 0 Å². The highest BCUT2D eigenvalue weighted by atomic mass is 16.5. The Balaban J connectivity index is 1.67. The largest absolute Gasteiger partial charge is 0.494 e. The molecule has 0 saturated carbocycles. The number of rotatable bonds is 6. The number of piperidine rings is 1. The summed E-state index contributed by atoms with van der Waals surface area (Å²) in [6.07, 6.45) is 1.76. The number of nitrogens with one attached hydrogen (secondary N) is 1. The Hall–Kier alpha value is -2.83. The van der Waals surface area contributed by atoms with Gasteiger partial charge in [0.05, 0.1) is 6.61 Å². The summed E-state index contributed by atoms with van der Waals surface area (Å²) in [4.78, 5) is 30.8. The molecule has 1 aromatic heterocycles. The number of likely N-dealkylation sites (tertiary alicyclic amines) is 1. The third-order valence-corrected chi connectivity index (χ3v) is 5.48. The molecular formula is C22H30N4O3. The number of imidazole rings is 1. The van der Waals surface area contributed by atoms with Gasteiger partial charge in [0.1, 0.15) is 17.3 Å². The first kappa shape index (κ1) is 20.9. The van der Waals surface area contributed by atoms with Gasteiger partial charge >= 0.3 is 0 Å². The van der Waals surface area contributed by atoms with Crippen LogP contribution in [-0.4, -0.2) is 46.0 Å². The zero-order valence-corrected chi connectivity index (χ0v) is 17.7. The molecule has 0 aliphatic carbocycles. The normalized spacial score (nSPS) is 14.7. The van der Waals surface area contributed by atoms with Crippen LogP contribution in [0.2, 0.25) is 0 Å². The first-order valence-electron chi connectivity index (χ1n) is 10.2. The van der Waals surface area contributed by atoms with Gasteiger partial charge in [0, 0.05) is 38.3 Å². The van der Waals surface area contributed by atoms with Crippen LogP contribution < -0.4 is 10.1 Å². The lowest BCUT2D eigenvalue weighted by Gasteiger charge is -2.33. The molecule has 0 atom stereocenters. The first-order valence-corrected chi connectivity index (χ1v) is 10.2. The molecule has 0 spiro atoms. The summed E-state index contributed by atoms with van der Waals surface area (Å²) in [7, 11) is 0. The molecule has 156 valence electrons. The molecule has 2 amide bonds. The SMILES string of the molecule is CCOc1cccc(CNC(=O)c2nc(C)n(C3CCN(C(C)=O)CC3)c2C)c1. The molecule has 1 fully saturated rings. The van der Waals surface area contributed by atoms with Crippen LogP contribution in [-0.2, 0) is 11.3 Å². The molecule has 7 nitrogen and oxygen atoms in total. The highest BCUT2D eigenvalue weighted by molar-refractivity contribution is 5.93. The van der Waals surface area contributed by atoms with E-state index in [4.69, 9.17) is 4.74 Å². The van der Waals surface area contributed by atoms with E-state index >= 15 is 0 Å². The van der Waals surface area contributed by atoms with Crippen molar-refractivity contribution in [2.45, 2.75) is 53.1 Å². The predicted molar refractivity (Wildman–Crippen MR) is 111 cm³/mol. The van der Waals surface area contributed by atoms with Crippen molar-refractivity contribution in [3.63, 3.8) is 0 Å². The van der Waals surface area contributed by atoms with Gasteiger partial charge in [0.15, 0.2) is 0 Å². The van der Waals surface area contributed by atoms with Crippen molar-refractivity contribution in [2.24, 2.45) is 0 Å². The number of hydrogen-bond donors (Lipinski definition) is 1. The summed E-state index contributed by atoms with van der Waals surface area (Å²) >= 11 is 0. The quantitative estimate of drug-likeness (QED) is 0.812. The van der Waals surface area contributed by atoms with E-state index in [0.717, 1.165) is 48.8 Å². The minimum Gasteiger partial charge on any atom is -0.494 e. The number of aromatic nitrogens is 2. The molecule has 7 heteroatoms. The maximum atomic E-state index is 12.8. The number of amides is 2. The molecule has 1 N–H and O–H groups in total. The van der Waals surface area contributed by atoms with E-state index in [1.807, 2.05) is 49.9 Å². The molecule has 2 aromatic rings. The second-order valence-corrected chi connectivity index (χ2v) is 7.46. The van der Waals surface area contributed by atoms with Crippen LogP contribution in [0.4, 0.5) is 0 Å². The minimum atomic E-state index is -0.174. The molecule has 0 radical (unpaired) electrons. The summed E-state index contributed by atoms with van der Waals surface area (Å²) in [5.41, 5.74) is 2.33. The van der Waals surface area contributed by atoms with Crippen molar-refractivity contribution in [3.05, 3.63) is 47.0 Å². The Morgan fingerprint density at radius 1 is 1.24 bits per heavy atom. The van der Waals surface area contributed by atoms with Gasteiger partial charge in [-0.2, -0.15) is 0 Å². The molecule has 1 aromatic carbocycles. The van der Waals surface area contributed by atoms with Crippen molar-refractivity contribution in [2.75, 3.05) is 19.7 Å². The van der Waals surface area contributed by atoms with E-state index in [9.17, 15) is 9.59 Å². The van der Waals surface area contributed by atoms with E-state index in [2.05, 4.69) is 14.9 Å². The van der Waals surface area contributed by atoms with Crippen LogP contribution in [0.1, 0.15) is 60.3 Å². The van der Waals surface area contributed by atoms with Crippen LogP contribution in [0.5, 0.6) is 5.75 Å². The standard InChI is InChI=1S/C22H30N4O3/c1-5-29-20-8-6-7-18(13-20)14-23-22(28)21-15(2)26(16(3)24-21)19-9-11-25(12-10-19)17(4)27/h6-8,13,19H,5,9-12,14H2,1-4H3,(H,23,28). The van der Waals surface area contributed by atoms with Gasteiger partial charge in [0.2, 0.25) is 5.91 Å². The fraction of sp³-hybridized carbons (Fsp3) is 0.500. The highest BCUT2D eigenvalue weighted by Crippen LogP contribution is 2.27. The lowest BCUT2D eigenvalue weighted by molar-refractivity contribution is -0.130. The molecule has 0 unspecified atom stereocenters. The molecular weight excluding hydrogens is 368 g/mol. The molecule has 3 rings (SSSR count). The van der Waals surface area contributed by atoms with Crippen molar-refractivity contribution in [1.82, 2.24) is 19.8 Å². The fourth-order valence-corrected chi connectivity index (χ4v) is 4.02. The fourth-order valence-electron chi connectivity index (χ4n) is 4.02. The highest BCUT2D eigenvalue weighted by Gasteiger charge is 2.26. The first-order chi connectivity index (χ1) is 13.9. The van der Waals surface area contributed by atoms with Crippen LogP contribution in [0.3, 0.4) is 0 Å². The predicted octanol–water partition coefficient (Wildman–Crippen LogP) is 3.01. The third-order valence-electron chi connectivity index (χ3n) is 5.48. The third kappa shape index (κ3) is 4.78. The topological polar surface area (TPSA) is 76.5 Å². The molecule has 0 bridgehead atoms. The van der Waals surface area contributed by atoms with Gasteiger partial charge in [-0.1, -0.05) is 12.1 Å². The molecule has 2 heterocycles. The van der Waals surface area contributed by atoms with E-state index in [1.54, 1.807) is 6.92 Å².